The Hall–Kier alpha value is -1.93. The second-order valence-electron chi connectivity index (χ2n) is 3.04. The first-order valence-corrected chi connectivity index (χ1v) is 4.26. The number of hydrogen-bond donors (Lipinski definition) is 0. The van der Waals surface area contributed by atoms with Crippen LogP contribution in [-0.2, 0) is 0 Å². The number of hydrogen-bond acceptors (Lipinski definition) is 2. The maximum atomic E-state index is 8.73. The van der Waals surface area contributed by atoms with Crippen molar-refractivity contribution in [2.45, 2.75) is 13.8 Å². The third kappa shape index (κ3) is 2.06. The van der Waals surface area contributed by atoms with Crippen molar-refractivity contribution in [1.29, 1.82) is 5.26 Å². The Morgan fingerprint density at radius 2 is 1.93 bits per heavy atom. The van der Waals surface area contributed by atoms with Gasteiger partial charge < -0.3 is 4.74 Å². The van der Waals surface area contributed by atoms with Crippen LogP contribution in [-0.4, -0.2) is 6.61 Å². The van der Waals surface area contributed by atoms with Gasteiger partial charge in [0.1, 0.15) is 12.4 Å². The molecule has 1 aromatic carbocycles. The quantitative estimate of drug-likeness (QED) is 0.661. The van der Waals surface area contributed by atoms with Crippen LogP contribution in [0.3, 0.4) is 0 Å². The van der Waals surface area contributed by atoms with Crippen LogP contribution in [0.1, 0.15) is 16.7 Å². The molecule has 2 heteroatoms. The van der Waals surface area contributed by atoms with E-state index in [-0.39, 0.29) is 6.61 Å². The lowest BCUT2D eigenvalue weighted by Crippen LogP contribution is -1.98. The van der Waals surface area contributed by atoms with Crippen molar-refractivity contribution in [3.8, 4) is 24.2 Å². The first-order chi connectivity index (χ1) is 6.69. The Kier molecular flexibility index (Phi) is 3.15. The predicted molar refractivity (Wildman–Crippen MR) is 55.0 cm³/mol. The summed E-state index contributed by atoms with van der Waals surface area (Å²) >= 11 is 0. The van der Waals surface area contributed by atoms with Crippen LogP contribution in [0, 0.1) is 37.5 Å². The van der Waals surface area contributed by atoms with Gasteiger partial charge in [-0.3, -0.25) is 0 Å². The summed E-state index contributed by atoms with van der Waals surface area (Å²) in [5, 5.41) is 8.73. The van der Waals surface area contributed by atoms with Crippen molar-refractivity contribution in [2.24, 2.45) is 0 Å². The number of ether oxygens (including phenoxy) is 1. The molecule has 0 fully saturated rings. The van der Waals surface area contributed by atoms with E-state index in [4.69, 9.17) is 16.4 Å². The molecule has 1 aromatic rings. The van der Waals surface area contributed by atoms with Crippen molar-refractivity contribution in [2.75, 3.05) is 6.61 Å². The number of nitriles is 1. The van der Waals surface area contributed by atoms with Gasteiger partial charge in [-0.1, -0.05) is 5.92 Å². The standard InChI is InChI=1S/C12H11NO/c1-4-5-14-12-9(2)6-11(8-13)7-10(12)3/h1,6-7H,5H2,2-3H3. The molecule has 0 aliphatic carbocycles. The van der Waals surface area contributed by atoms with E-state index in [0.717, 1.165) is 16.9 Å². The van der Waals surface area contributed by atoms with E-state index < -0.39 is 0 Å². The lowest BCUT2D eigenvalue weighted by atomic mass is 10.1. The van der Waals surface area contributed by atoms with E-state index in [9.17, 15) is 0 Å². The lowest BCUT2D eigenvalue weighted by Gasteiger charge is -2.09. The summed E-state index contributed by atoms with van der Waals surface area (Å²) in [6.07, 6.45) is 5.11. The highest BCUT2D eigenvalue weighted by molar-refractivity contribution is 5.47. The number of rotatable bonds is 2. The minimum Gasteiger partial charge on any atom is -0.480 e. The topological polar surface area (TPSA) is 33.0 Å². The molecule has 1 rings (SSSR count). The largest absolute Gasteiger partial charge is 0.480 e. The van der Waals surface area contributed by atoms with Gasteiger partial charge in [0, 0.05) is 0 Å². The van der Waals surface area contributed by atoms with Crippen molar-refractivity contribution < 1.29 is 4.74 Å². The minimum atomic E-state index is 0.258. The summed E-state index contributed by atoms with van der Waals surface area (Å²) < 4.78 is 5.37. The summed E-state index contributed by atoms with van der Waals surface area (Å²) in [6, 6.07) is 5.68. The average Bonchev–Trinajstić information content (AvgIpc) is 2.16. The van der Waals surface area contributed by atoms with E-state index in [1.807, 2.05) is 13.8 Å². The molecule has 0 saturated heterocycles. The van der Waals surface area contributed by atoms with Gasteiger partial charge >= 0.3 is 0 Å². The second kappa shape index (κ2) is 4.35. The van der Waals surface area contributed by atoms with Gasteiger partial charge in [0.15, 0.2) is 0 Å². The molecule has 70 valence electrons. The fourth-order valence-electron chi connectivity index (χ4n) is 1.36. The number of terminal acetylenes is 1. The summed E-state index contributed by atoms with van der Waals surface area (Å²) in [6.45, 7) is 4.06. The van der Waals surface area contributed by atoms with Crippen molar-refractivity contribution >= 4 is 0 Å². The Labute approximate surface area is 84.1 Å². The van der Waals surface area contributed by atoms with E-state index in [2.05, 4.69) is 12.0 Å². The Morgan fingerprint density at radius 3 is 2.36 bits per heavy atom. The SMILES string of the molecule is C#CCOc1c(C)cc(C#N)cc1C. The molecule has 0 saturated carbocycles. The average molecular weight is 185 g/mol. The maximum Gasteiger partial charge on any atom is 0.148 e. The molecule has 0 spiro atoms. The van der Waals surface area contributed by atoms with E-state index in [1.165, 1.54) is 0 Å². The molecule has 0 aliphatic heterocycles. The monoisotopic (exact) mass is 185 g/mol. The van der Waals surface area contributed by atoms with Crippen LogP contribution in [0.2, 0.25) is 0 Å². The third-order valence-electron chi connectivity index (χ3n) is 1.89. The number of aryl methyl sites for hydroxylation is 2. The summed E-state index contributed by atoms with van der Waals surface area (Å²) in [5.41, 5.74) is 2.53. The third-order valence-corrected chi connectivity index (χ3v) is 1.89. The number of benzene rings is 1. The molecular formula is C12H11NO. The lowest BCUT2D eigenvalue weighted by molar-refractivity contribution is 0.365. The van der Waals surface area contributed by atoms with Crippen LogP contribution < -0.4 is 4.74 Å². The minimum absolute atomic E-state index is 0.258. The highest BCUT2D eigenvalue weighted by Gasteiger charge is 2.05. The van der Waals surface area contributed by atoms with Crippen molar-refractivity contribution in [1.82, 2.24) is 0 Å². The molecule has 0 N–H and O–H groups in total. The fraction of sp³-hybridized carbons (Fsp3) is 0.250. The van der Waals surface area contributed by atoms with Gasteiger partial charge in [0.05, 0.1) is 11.6 Å². The molecule has 2 nitrogen and oxygen atoms in total. The van der Waals surface area contributed by atoms with E-state index in [1.54, 1.807) is 12.1 Å². The molecule has 0 unspecified atom stereocenters. The number of nitrogens with zero attached hydrogens (tertiary/aromatic N) is 1. The predicted octanol–water partition coefficient (Wildman–Crippen LogP) is 2.19. The summed E-state index contributed by atoms with van der Waals surface area (Å²) in [7, 11) is 0. The second-order valence-corrected chi connectivity index (χ2v) is 3.04. The first kappa shape index (κ1) is 10.2. The normalized spacial score (nSPS) is 8.86. The molecule has 0 amide bonds. The smallest absolute Gasteiger partial charge is 0.148 e. The molecule has 0 aromatic heterocycles. The summed E-state index contributed by atoms with van der Waals surface area (Å²) in [5.74, 6) is 3.19. The Bertz CT molecular complexity index is 398. The van der Waals surface area contributed by atoms with Gasteiger partial charge in [-0.25, -0.2) is 0 Å². The highest BCUT2D eigenvalue weighted by Crippen LogP contribution is 2.24. The summed E-state index contributed by atoms with van der Waals surface area (Å²) in [4.78, 5) is 0. The van der Waals surface area contributed by atoms with Gasteiger partial charge in [-0.05, 0) is 37.1 Å². The molecule has 0 aliphatic rings. The van der Waals surface area contributed by atoms with Crippen LogP contribution in [0.5, 0.6) is 5.75 Å². The molecular weight excluding hydrogens is 174 g/mol. The highest BCUT2D eigenvalue weighted by atomic mass is 16.5. The van der Waals surface area contributed by atoms with Crippen LogP contribution in [0.15, 0.2) is 12.1 Å². The van der Waals surface area contributed by atoms with Gasteiger partial charge in [0.2, 0.25) is 0 Å². The van der Waals surface area contributed by atoms with E-state index in [0.29, 0.717) is 5.56 Å². The zero-order valence-corrected chi connectivity index (χ0v) is 8.29. The first-order valence-electron chi connectivity index (χ1n) is 4.26. The molecule has 0 bridgehead atoms. The molecule has 0 atom stereocenters. The van der Waals surface area contributed by atoms with Crippen LogP contribution >= 0.6 is 0 Å². The fourth-order valence-corrected chi connectivity index (χ4v) is 1.36. The zero-order valence-electron chi connectivity index (χ0n) is 8.29. The molecule has 0 radical (unpaired) electrons. The van der Waals surface area contributed by atoms with Gasteiger partial charge in [-0.15, -0.1) is 6.42 Å². The molecule has 0 heterocycles. The van der Waals surface area contributed by atoms with Crippen LogP contribution in [0.25, 0.3) is 0 Å². The maximum absolute atomic E-state index is 8.73. The molecule has 14 heavy (non-hydrogen) atoms. The van der Waals surface area contributed by atoms with Crippen LogP contribution in [0.4, 0.5) is 0 Å². The van der Waals surface area contributed by atoms with Crippen molar-refractivity contribution in [3.63, 3.8) is 0 Å². The van der Waals surface area contributed by atoms with Gasteiger partial charge in [0.25, 0.3) is 0 Å². The Morgan fingerprint density at radius 1 is 1.36 bits per heavy atom. The van der Waals surface area contributed by atoms with Crippen molar-refractivity contribution in [3.05, 3.63) is 28.8 Å². The van der Waals surface area contributed by atoms with Gasteiger partial charge in [-0.2, -0.15) is 5.26 Å². The van der Waals surface area contributed by atoms with E-state index >= 15 is 0 Å². The Balaban J connectivity index is 3.08. The zero-order chi connectivity index (χ0) is 10.6.